The third-order valence-corrected chi connectivity index (χ3v) is 1.95. The normalized spacial score (nSPS) is 14.2. The molecule has 0 N–H and O–H groups in total. The van der Waals surface area contributed by atoms with E-state index in [0.717, 1.165) is 12.1 Å². The minimum Gasteiger partial charge on any atom is -0.166 e. The highest BCUT2D eigenvalue weighted by molar-refractivity contribution is 6.20. The number of benzene rings is 1. The van der Waals surface area contributed by atoms with Gasteiger partial charge in [0, 0.05) is 0 Å². The van der Waals surface area contributed by atoms with Crippen LogP contribution in [-0.4, -0.2) is 0 Å². The molecule has 0 spiro atoms. The molecule has 0 saturated carbocycles. The lowest BCUT2D eigenvalue weighted by molar-refractivity contribution is -0.137. The summed E-state index contributed by atoms with van der Waals surface area (Å²) in [6, 6.07) is 4.85. The number of halogens is 4. The van der Waals surface area contributed by atoms with Crippen molar-refractivity contribution >= 4 is 11.6 Å². The summed E-state index contributed by atoms with van der Waals surface area (Å²) in [6.45, 7) is 1.71. The molecular formula is C9H8ClF3. The van der Waals surface area contributed by atoms with Gasteiger partial charge in [0.05, 0.1) is 10.9 Å². The van der Waals surface area contributed by atoms with E-state index < -0.39 is 11.7 Å². The van der Waals surface area contributed by atoms with Gasteiger partial charge in [0.2, 0.25) is 0 Å². The monoisotopic (exact) mass is 208 g/mol. The van der Waals surface area contributed by atoms with Crippen molar-refractivity contribution < 1.29 is 13.2 Å². The Morgan fingerprint density at radius 3 is 1.92 bits per heavy atom. The highest BCUT2D eigenvalue weighted by Crippen LogP contribution is 2.30. The van der Waals surface area contributed by atoms with Crippen LogP contribution in [0.1, 0.15) is 23.4 Å². The van der Waals surface area contributed by atoms with Gasteiger partial charge in [-0.25, -0.2) is 0 Å². The van der Waals surface area contributed by atoms with Gasteiger partial charge in [-0.15, -0.1) is 11.6 Å². The highest BCUT2D eigenvalue weighted by Gasteiger charge is 2.29. The zero-order chi connectivity index (χ0) is 10.1. The Labute approximate surface area is 79.3 Å². The van der Waals surface area contributed by atoms with E-state index >= 15 is 0 Å². The smallest absolute Gasteiger partial charge is 0.166 e. The zero-order valence-corrected chi connectivity index (χ0v) is 7.65. The van der Waals surface area contributed by atoms with Crippen LogP contribution in [0.4, 0.5) is 13.2 Å². The van der Waals surface area contributed by atoms with Gasteiger partial charge in [-0.1, -0.05) is 12.1 Å². The molecule has 0 aliphatic rings. The van der Waals surface area contributed by atoms with Crippen molar-refractivity contribution in [3.05, 3.63) is 35.4 Å². The van der Waals surface area contributed by atoms with Crippen molar-refractivity contribution in [3.8, 4) is 0 Å². The van der Waals surface area contributed by atoms with Crippen LogP contribution in [0, 0.1) is 0 Å². The van der Waals surface area contributed by atoms with Gasteiger partial charge in [0.1, 0.15) is 0 Å². The number of alkyl halides is 4. The Balaban J connectivity index is 2.94. The average molecular weight is 209 g/mol. The third kappa shape index (κ3) is 2.62. The summed E-state index contributed by atoms with van der Waals surface area (Å²) >= 11 is 5.69. The molecule has 4 heteroatoms. The maximum atomic E-state index is 12.1. The lowest BCUT2D eigenvalue weighted by Gasteiger charge is -2.08. The first-order valence-electron chi connectivity index (χ1n) is 3.72. The van der Waals surface area contributed by atoms with Crippen molar-refractivity contribution in [1.29, 1.82) is 0 Å². The van der Waals surface area contributed by atoms with Crippen molar-refractivity contribution in [3.63, 3.8) is 0 Å². The second-order valence-corrected chi connectivity index (χ2v) is 3.39. The van der Waals surface area contributed by atoms with Crippen LogP contribution >= 0.6 is 11.6 Å². The largest absolute Gasteiger partial charge is 0.416 e. The molecule has 0 heterocycles. The molecule has 1 aromatic rings. The van der Waals surface area contributed by atoms with Gasteiger partial charge >= 0.3 is 6.18 Å². The Bertz CT molecular complexity index is 274. The van der Waals surface area contributed by atoms with Crippen molar-refractivity contribution in [1.82, 2.24) is 0 Å². The molecule has 72 valence electrons. The van der Waals surface area contributed by atoms with E-state index in [1.165, 1.54) is 12.1 Å². The van der Waals surface area contributed by atoms with Crippen molar-refractivity contribution in [2.75, 3.05) is 0 Å². The fourth-order valence-corrected chi connectivity index (χ4v) is 1.08. The topological polar surface area (TPSA) is 0 Å². The predicted molar refractivity (Wildman–Crippen MR) is 45.7 cm³/mol. The van der Waals surface area contributed by atoms with Gasteiger partial charge in [-0.05, 0) is 24.6 Å². The Kier molecular flexibility index (Phi) is 2.86. The zero-order valence-electron chi connectivity index (χ0n) is 6.90. The Morgan fingerprint density at radius 2 is 1.62 bits per heavy atom. The van der Waals surface area contributed by atoms with Crippen LogP contribution in [-0.2, 0) is 6.18 Å². The first-order chi connectivity index (χ1) is 5.91. The van der Waals surface area contributed by atoms with Crippen molar-refractivity contribution in [2.24, 2.45) is 0 Å². The van der Waals surface area contributed by atoms with E-state index in [2.05, 4.69) is 0 Å². The van der Waals surface area contributed by atoms with Crippen LogP contribution in [0.3, 0.4) is 0 Å². The van der Waals surface area contributed by atoms with Crippen LogP contribution in [0.25, 0.3) is 0 Å². The Morgan fingerprint density at radius 1 is 1.15 bits per heavy atom. The fraction of sp³-hybridized carbons (Fsp3) is 0.333. The van der Waals surface area contributed by atoms with E-state index in [-0.39, 0.29) is 5.38 Å². The number of hydrogen-bond acceptors (Lipinski definition) is 0. The molecule has 0 nitrogen and oxygen atoms in total. The number of hydrogen-bond donors (Lipinski definition) is 0. The van der Waals surface area contributed by atoms with Crippen LogP contribution in [0.2, 0.25) is 0 Å². The highest BCUT2D eigenvalue weighted by atomic mass is 35.5. The molecule has 13 heavy (non-hydrogen) atoms. The lowest BCUT2D eigenvalue weighted by Crippen LogP contribution is -2.04. The molecule has 0 amide bonds. The maximum Gasteiger partial charge on any atom is 0.416 e. The SMILES string of the molecule is C[C@H](Cl)c1ccc(C(F)(F)F)cc1. The number of rotatable bonds is 1. The second kappa shape index (κ2) is 3.58. The molecule has 0 aromatic heterocycles. The molecule has 0 radical (unpaired) electrons. The summed E-state index contributed by atoms with van der Waals surface area (Å²) in [5.74, 6) is 0. The quantitative estimate of drug-likeness (QED) is 0.612. The molecular weight excluding hydrogens is 201 g/mol. The van der Waals surface area contributed by atoms with Crippen LogP contribution < -0.4 is 0 Å². The standard InChI is InChI=1S/C9H8ClF3/c1-6(10)7-2-4-8(5-3-7)9(11,12)13/h2-6H,1H3/t6-/m0/s1. The molecule has 0 aliphatic carbocycles. The van der Waals surface area contributed by atoms with E-state index in [1.807, 2.05) is 0 Å². The van der Waals surface area contributed by atoms with Crippen LogP contribution in [0.15, 0.2) is 24.3 Å². The Hall–Kier alpha value is -0.700. The van der Waals surface area contributed by atoms with Gasteiger partial charge in [0.15, 0.2) is 0 Å². The van der Waals surface area contributed by atoms with E-state index in [0.29, 0.717) is 5.56 Å². The first kappa shape index (κ1) is 10.4. The molecule has 1 atom stereocenters. The van der Waals surface area contributed by atoms with E-state index in [4.69, 9.17) is 11.6 Å². The predicted octanol–water partition coefficient (Wildman–Crippen LogP) is 4.01. The third-order valence-electron chi connectivity index (χ3n) is 1.70. The average Bonchev–Trinajstić information content (AvgIpc) is 2.03. The molecule has 0 bridgehead atoms. The fourth-order valence-electron chi connectivity index (χ4n) is 0.937. The minimum absolute atomic E-state index is 0.262. The van der Waals surface area contributed by atoms with Gasteiger partial charge in [-0.2, -0.15) is 13.2 Å². The molecule has 0 fully saturated rings. The van der Waals surface area contributed by atoms with Crippen LogP contribution in [0.5, 0.6) is 0 Å². The molecule has 1 aromatic carbocycles. The van der Waals surface area contributed by atoms with E-state index in [9.17, 15) is 13.2 Å². The summed E-state index contributed by atoms with van der Waals surface area (Å²) in [7, 11) is 0. The summed E-state index contributed by atoms with van der Waals surface area (Å²) in [4.78, 5) is 0. The summed E-state index contributed by atoms with van der Waals surface area (Å²) in [6.07, 6.45) is -4.27. The molecule has 0 unspecified atom stereocenters. The summed E-state index contributed by atoms with van der Waals surface area (Å²) in [5.41, 5.74) is 0.0447. The van der Waals surface area contributed by atoms with Gasteiger partial charge in [-0.3, -0.25) is 0 Å². The molecule has 1 rings (SSSR count). The minimum atomic E-state index is -4.27. The van der Waals surface area contributed by atoms with E-state index in [1.54, 1.807) is 6.92 Å². The van der Waals surface area contributed by atoms with Crippen molar-refractivity contribution in [2.45, 2.75) is 18.5 Å². The molecule has 0 saturated heterocycles. The first-order valence-corrected chi connectivity index (χ1v) is 4.16. The summed E-state index contributed by atoms with van der Waals surface area (Å²) < 4.78 is 36.3. The second-order valence-electron chi connectivity index (χ2n) is 2.74. The van der Waals surface area contributed by atoms with Gasteiger partial charge in [0.25, 0.3) is 0 Å². The molecule has 0 aliphatic heterocycles. The summed E-state index contributed by atoms with van der Waals surface area (Å²) in [5, 5.41) is -0.262. The van der Waals surface area contributed by atoms with Gasteiger partial charge < -0.3 is 0 Å². The maximum absolute atomic E-state index is 12.1. The lowest BCUT2D eigenvalue weighted by atomic mass is 10.1.